The lowest BCUT2D eigenvalue weighted by Gasteiger charge is -2.08. The van der Waals surface area contributed by atoms with E-state index in [1.807, 2.05) is 24.3 Å². The minimum atomic E-state index is -1.10. The maximum atomic E-state index is 13.1. The van der Waals surface area contributed by atoms with E-state index in [9.17, 15) is 23.2 Å². The van der Waals surface area contributed by atoms with Crippen LogP contribution in [0.15, 0.2) is 51.8 Å². The van der Waals surface area contributed by atoms with Crippen LogP contribution in [0.4, 0.5) is 14.5 Å². The quantitative estimate of drug-likeness (QED) is 0.455. The van der Waals surface area contributed by atoms with Crippen LogP contribution in [0.2, 0.25) is 0 Å². The first-order valence-corrected chi connectivity index (χ1v) is 9.67. The van der Waals surface area contributed by atoms with E-state index >= 15 is 0 Å². The third-order valence-electron chi connectivity index (χ3n) is 3.18. The molecule has 0 saturated heterocycles. The molecule has 148 valence electrons. The lowest BCUT2D eigenvalue weighted by atomic mass is 10.3. The Balaban J connectivity index is 1.64. The van der Waals surface area contributed by atoms with Crippen LogP contribution in [-0.4, -0.2) is 36.7 Å². The minimum Gasteiger partial charge on any atom is -0.455 e. The number of carbonyl (C=O) groups excluding carboxylic acids is 3. The van der Waals surface area contributed by atoms with Gasteiger partial charge in [-0.2, -0.15) is 0 Å². The molecular formula is C18H15BrF2N2O4S. The monoisotopic (exact) mass is 472 g/mol. The summed E-state index contributed by atoms with van der Waals surface area (Å²) in [6.45, 7) is -0.943. The maximum absolute atomic E-state index is 13.1. The topological polar surface area (TPSA) is 84.5 Å². The number of thioether (sulfide) groups is 1. The molecule has 0 bridgehead atoms. The smallest absolute Gasteiger partial charge is 0.316 e. The van der Waals surface area contributed by atoms with Gasteiger partial charge in [0.25, 0.3) is 5.91 Å². The standard InChI is InChI=1S/C18H15BrF2N2O4S/c19-11-1-4-13(5-2-11)28-10-18(26)27-9-17(25)22-8-16(24)23-12-3-6-14(20)15(21)7-12/h1-7H,8-10H2,(H,22,25)(H,23,24). The maximum Gasteiger partial charge on any atom is 0.316 e. The van der Waals surface area contributed by atoms with Crippen molar-refractivity contribution in [3.63, 3.8) is 0 Å². The summed E-state index contributed by atoms with van der Waals surface area (Å²) in [5.74, 6) is -3.99. The Bertz CT molecular complexity index is 865. The van der Waals surface area contributed by atoms with Crippen molar-refractivity contribution in [1.82, 2.24) is 5.32 Å². The van der Waals surface area contributed by atoms with Gasteiger partial charge in [0, 0.05) is 21.1 Å². The third kappa shape index (κ3) is 7.65. The normalized spacial score (nSPS) is 10.2. The van der Waals surface area contributed by atoms with Crippen molar-refractivity contribution in [2.75, 3.05) is 24.2 Å². The summed E-state index contributed by atoms with van der Waals surface area (Å²) in [6.07, 6.45) is 0. The Kier molecular flexibility index (Phi) is 8.40. The van der Waals surface area contributed by atoms with E-state index < -0.39 is 42.6 Å². The molecular weight excluding hydrogens is 458 g/mol. The molecule has 0 aliphatic rings. The molecule has 0 atom stereocenters. The predicted octanol–water partition coefficient (Wildman–Crippen LogP) is 3.12. The number of nitrogens with one attached hydrogen (secondary N) is 2. The van der Waals surface area contributed by atoms with Gasteiger partial charge in [-0.1, -0.05) is 15.9 Å². The van der Waals surface area contributed by atoms with E-state index in [1.165, 1.54) is 17.8 Å². The van der Waals surface area contributed by atoms with Crippen LogP contribution in [0.5, 0.6) is 0 Å². The fraction of sp³-hybridized carbons (Fsp3) is 0.167. The molecule has 0 saturated carbocycles. The van der Waals surface area contributed by atoms with Gasteiger partial charge in [-0.15, -0.1) is 11.8 Å². The summed E-state index contributed by atoms with van der Waals surface area (Å²) >= 11 is 4.57. The molecule has 0 aliphatic heterocycles. The number of carbonyl (C=O) groups is 3. The van der Waals surface area contributed by atoms with Crippen LogP contribution in [0.1, 0.15) is 0 Å². The van der Waals surface area contributed by atoms with Gasteiger partial charge in [-0.25, -0.2) is 8.78 Å². The van der Waals surface area contributed by atoms with E-state index in [2.05, 4.69) is 26.6 Å². The van der Waals surface area contributed by atoms with Gasteiger partial charge in [-0.05, 0) is 36.4 Å². The summed E-state index contributed by atoms with van der Waals surface area (Å²) in [7, 11) is 0. The zero-order valence-corrected chi connectivity index (χ0v) is 16.7. The van der Waals surface area contributed by atoms with Crippen molar-refractivity contribution in [3.8, 4) is 0 Å². The summed E-state index contributed by atoms with van der Waals surface area (Å²) < 4.78 is 31.6. The summed E-state index contributed by atoms with van der Waals surface area (Å²) in [5.41, 5.74) is 0.0505. The SMILES string of the molecule is O=C(COC(=O)CSc1ccc(Br)cc1)NCC(=O)Nc1ccc(F)c(F)c1. The number of benzene rings is 2. The molecule has 0 unspecified atom stereocenters. The number of halogens is 3. The second-order valence-electron chi connectivity index (χ2n) is 5.36. The zero-order valence-electron chi connectivity index (χ0n) is 14.3. The third-order valence-corrected chi connectivity index (χ3v) is 4.70. The predicted molar refractivity (Wildman–Crippen MR) is 104 cm³/mol. The summed E-state index contributed by atoms with van der Waals surface area (Å²) in [6, 6.07) is 10.2. The molecule has 28 heavy (non-hydrogen) atoms. The van der Waals surface area contributed by atoms with Crippen molar-refractivity contribution in [2.45, 2.75) is 4.90 Å². The first-order chi connectivity index (χ1) is 13.3. The Labute approximate surface area is 172 Å². The lowest BCUT2D eigenvalue weighted by Crippen LogP contribution is -2.35. The Hall–Kier alpha value is -2.46. The first-order valence-electron chi connectivity index (χ1n) is 7.89. The van der Waals surface area contributed by atoms with Crippen LogP contribution in [0, 0.1) is 11.6 Å². The van der Waals surface area contributed by atoms with Crippen LogP contribution in [0.25, 0.3) is 0 Å². The van der Waals surface area contributed by atoms with E-state index in [4.69, 9.17) is 4.74 Å². The first kappa shape index (κ1) is 21.8. The van der Waals surface area contributed by atoms with Gasteiger partial charge in [0.05, 0.1) is 12.3 Å². The second kappa shape index (κ2) is 10.8. The Morgan fingerprint density at radius 3 is 2.39 bits per heavy atom. The molecule has 0 aliphatic carbocycles. The Morgan fingerprint density at radius 1 is 1.00 bits per heavy atom. The number of anilines is 1. The van der Waals surface area contributed by atoms with Crippen molar-refractivity contribution >= 4 is 51.2 Å². The molecule has 0 fully saturated rings. The number of amides is 2. The van der Waals surface area contributed by atoms with Crippen LogP contribution >= 0.6 is 27.7 Å². The van der Waals surface area contributed by atoms with Crippen molar-refractivity contribution in [3.05, 3.63) is 58.6 Å². The molecule has 2 amide bonds. The molecule has 0 aromatic heterocycles. The van der Waals surface area contributed by atoms with Crippen molar-refractivity contribution in [2.24, 2.45) is 0 Å². The zero-order chi connectivity index (χ0) is 20.5. The summed E-state index contributed by atoms with van der Waals surface area (Å²) in [4.78, 5) is 35.8. The highest BCUT2D eigenvalue weighted by Crippen LogP contribution is 2.20. The number of esters is 1. The largest absolute Gasteiger partial charge is 0.455 e. The van der Waals surface area contributed by atoms with E-state index in [-0.39, 0.29) is 11.4 Å². The van der Waals surface area contributed by atoms with E-state index in [0.29, 0.717) is 0 Å². The second-order valence-corrected chi connectivity index (χ2v) is 7.32. The van der Waals surface area contributed by atoms with Crippen LogP contribution in [0.3, 0.4) is 0 Å². The van der Waals surface area contributed by atoms with Gasteiger partial charge in [0.1, 0.15) is 0 Å². The number of rotatable bonds is 8. The molecule has 6 nitrogen and oxygen atoms in total. The highest BCUT2D eigenvalue weighted by Gasteiger charge is 2.11. The highest BCUT2D eigenvalue weighted by molar-refractivity contribution is 9.10. The molecule has 0 spiro atoms. The molecule has 2 aromatic rings. The highest BCUT2D eigenvalue weighted by atomic mass is 79.9. The number of hydrogen-bond donors (Lipinski definition) is 2. The van der Waals surface area contributed by atoms with Crippen molar-refractivity contribution < 1.29 is 27.9 Å². The van der Waals surface area contributed by atoms with E-state index in [0.717, 1.165) is 21.5 Å². The number of ether oxygens (including phenoxy) is 1. The van der Waals surface area contributed by atoms with Crippen LogP contribution < -0.4 is 10.6 Å². The van der Waals surface area contributed by atoms with Crippen LogP contribution in [-0.2, 0) is 19.1 Å². The lowest BCUT2D eigenvalue weighted by molar-refractivity contribution is -0.146. The average Bonchev–Trinajstić information content (AvgIpc) is 2.67. The molecule has 0 radical (unpaired) electrons. The molecule has 2 aromatic carbocycles. The fourth-order valence-electron chi connectivity index (χ4n) is 1.87. The fourth-order valence-corrected chi connectivity index (χ4v) is 2.83. The molecule has 2 rings (SSSR count). The van der Waals surface area contributed by atoms with Gasteiger partial charge in [-0.3, -0.25) is 14.4 Å². The van der Waals surface area contributed by atoms with Gasteiger partial charge in [0.15, 0.2) is 18.2 Å². The van der Waals surface area contributed by atoms with E-state index in [1.54, 1.807) is 0 Å². The van der Waals surface area contributed by atoms with Crippen molar-refractivity contribution in [1.29, 1.82) is 0 Å². The van der Waals surface area contributed by atoms with Gasteiger partial charge >= 0.3 is 5.97 Å². The molecule has 10 heteroatoms. The van der Waals surface area contributed by atoms with Gasteiger partial charge in [0.2, 0.25) is 5.91 Å². The minimum absolute atomic E-state index is 0.0333. The summed E-state index contributed by atoms with van der Waals surface area (Å²) in [5, 5.41) is 4.55. The Morgan fingerprint density at radius 2 is 1.71 bits per heavy atom. The molecule has 0 heterocycles. The average molecular weight is 473 g/mol. The molecule has 2 N–H and O–H groups in total. The number of hydrogen-bond acceptors (Lipinski definition) is 5. The van der Waals surface area contributed by atoms with Gasteiger partial charge < -0.3 is 15.4 Å².